The van der Waals surface area contributed by atoms with Gasteiger partial charge in [0.25, 0.3) is 0 Å². The molecule has 5 heterocycles. The highest BCUT2D eigenvalue weighted by Crippen LogP contribution is 2.33. The van der Waals surface area contributed by atoms with Gasteiger partial charge in [-0.1, -0.05) is 12.1 Å². The van der Waals surface area contributed by atoms with Gasteiger partial charge in [0.15, 0.2) is 5.65 Å². The number of rotatable bonds is 4. The van der Waals surface area contributed by atoms with Crippen LogP contribution in [0.2, 0.25) is 0 Å². The molecule has 1 aromatic carbocycles. The van der Waals surface area contributed by atoms with Crippen LogP contribution in [-0.4, -0.2) is 83.1 Å². The number of aromatic amines is 1. The van der Waals surface area contributed by atoms with Gasteiger partial charge in [-0.15, -0.1) is 0 Å². The maximum absolute atomic E-state index is 12.0. The van der Waals surface area contributed by atoms with E-state index in [9.17, 15) is 8.42 Å². The minimum absolute atomic E-state index is 0.0663. The van der Waals surface area contributed by atoms with Gasteiger partial charge in [-0.25, -0.2) is 18.1 Å². The first-order valence-corrected chi connectivity index (χ1v) is 12.9. The number of aromatic nitrogens is 5. The van der Waals surface area contributed by atoms with Crippen LogP contribution in [-0.2, 0) is 14.8 Å². The van der Waals surface area contributed by atoms with Gasteiger partial charge in [0.2, 0.25) is 16.0 Å². The molecule has 2 aliphatic heterocycles. The van der Waals surface area contributed by atoms with Crippen molar-refractivity contribution in [1.82, 2.24) is 29.0 Å². The molecule has 33 heavy (non-hydrogen) atoms. The quantitative estimate of drug-likeness (QED) is 0.489. The highest BCUT2D eigenvalue weighted by Gasteiger charge is 2.32. The van der Waals surface area contributed by atoms with E-state index < -0.39 is 10.0 Å². The van der Waals surface area contributed by atoms with E-state index in [1.165, 1.54) is 10.6 Å². The van der Waals surface area contributed by atoms with Gasteiger partial charge in [-0.05, 0) is 23.9 Å². The van der Waals surface area contributed by atoms with Crippen molar-refractivity contribution in [3.8, 4) is 11.3 Å². The van der Waals surface area contributed by atoms with Crippen LogP contribution in [0.3, 0.4) is 0 Å². The third-order valence-electron chi connectivity index (χ3n) is 6.51. The standard InChI is InChI=1S/C22H25N7O3S/c1-33(30,31)28-7-5-17(14-28)29-21-18(13-24-29)20(16-3-2-15-4-6-23-19(15)12-16)25-22(26-21)27-8-10-32-11-9-27/h2-4,6,12-13,17,23H,5,7-11,14H2,1H3. The fraction of sp³-hybridized carbons (Fsp3) is 0.409. The molecule has 0 bridgehead atoms. The fourth-order valence-corrected chi connectivity index (χ4v) is 5.59. The Labute approximate surface area is 191 Å². The number of benzene rings is 1. The highest BCUT2D eigenvalue weighted by molar-refractivity contribution is 7.88. The summed E-state index contributed by atoms with van der Waals surface area (Å²) in [4.78, 5) is 15.3. The Bertz CT molecular complexity index is 1440. The number of hydrogen-bond donors (Lipinski definition) is 1. The van der Waals surface area contributed by atoms with E-state index in [0.717, 1.165) is 46.3 Å². The summed E-state index contributed by atoms with van der Waals surface area (Å²) in [6.45, 7) is 3.60. The van der Waals surface area contributed by atoms with E-state index in [1.54, 1.807) is 6.20 Å². The largest absolute Gasteiger partial charge is 0.378 e. The molecule has 2 saturated heterocycles. The lowest BCUT2D eigenvalue weighted by Gasteiger charge is -2.27. The molecule has 1 unspecified atom stereocenters. The number of hydrogen-bond acceptors (Lipinski definition) is 7. The van der Waals surface area contributed by atoms with Crippen LogP contribution in [0.4, 0.5) is 5.95 Å². The molecule has 4 aromatic rings. The van der Waals surface area contributed by atoms with Crippen LogP contribution in [0.25, 0.3) is 33.2 Å². The van der Waals surface area contributed by atoms with Gasteiger partial charge in [0.1, 0.15) is 0 Å². The summed E-state index contributed by atoms with van der Waals surface area (Å²) >= 11 is 0. The highest BCUT2D eigenvalue weighted by atomic mass is 32.2. The van der Waals surface area contributed by atoms with Crippen molar-refractivity contribution in [3.63, 3.8) is 0 Å². The number of H-pyrrole nitrogens is 1. The Morgan fingerprint density at radius 2 is 1.97 bits per heavy atom. The lowest BCUT2D eigenvalue weighted by Crippen LogP contribution is -2.37. The second kappa shape index (κ2) is 7.79. The predicted octanol–water partition coefficient (Wildman–Crippen LogP) is 2.02. The zero-order valence-electron chi connectivity index (χ0n) is 18.3. The second-order valence-corrected chi connectivity index (χ2v) is 10.6. The smallest absolute Gasteiger partial charge is 0.228 e. The summed E-state index contributed by atoms with van der Waals surface area (Å²) in [5.41, 5.74) is 3.57. The molecule has 0 aliphatic carbocycles. The number of anilines is 1. The molecule has 0 amide bonds. The SMILES string of the molecule is CS(=O)(=O)N1CCC(n2ncc3c(-c4ccc5cc[nH]c5c4)nc(N4CCOCC4)nc32)C1. The maximum Gasteiger partial charge on any atom is 0.228 e. The molecule has 1 atom stereocenters. The van der Waals surface area contributed by atoms with Gasteiger partial charge in [-0.3, -0.25) is 0 Å². The van der Waals surface area contributed by atoms with E-state index in [1.807, 2.05) is 16.9 Å². The van der Waals surface area contributed by atoms with Crippen molar-refractivity contribution >= 4 is 37.9 Å². The molecular formula is C22H25N7O3S. The first-order chi connectivity index (χ1) is 16.0. The van der Waals surface area contributed by atoms with Crippen molar-refractivity contribution < 1.29 is 13.2 Å². The van der Waals surface area contributed by atoms with E-state index in [0.29, 0.717) is 38.7 Å². The van der Waals surface area contributed by atoms with Crippen LogP contribution in [0.15, 0.2) is 36.7 Å². The predicted molar refractivity (Wildman–Crippen MR) is 126 cm³/mol. The maximum atomic E-state index is 12.0. The van der Waals surface area contributed by atoms with Gasteiger partial charge in [0, 0.05) is 43.5 Å². The topological polar surface area (TPSA) is 109 Å². The molecule has 172 valence electrons. The molecule has 1 N–H and O–H groups in total. The van der Waals surface area contributed by atoms with Crippen molar-refractivity contribution in [2.45, 2.75) is 12.5 Å². The molecule has 3 aromatic heterocycles. The Balaban J connectivity index is 1.49. The average molecular weight is 468 g/mol. The molecule has 0 radical (unpaired) electrons. The molecule has 0 saturated carbocycles. The van der Waals surface area contributed by atoms with Crippen LogP contribution in [0.5, 0.6) is 0 Å². The van der Waals surface area contributed by atoms with Gasteiger partial charge in [0.05, 0.1) is 42.8 Å². The molecule has 11 heteroatoms. The number of nitrogens with zero attached hydrogens (tertiary/aromatic N) is 6. The second-order valence-electron chi connectivity index (χ2n) is 8.64. The Morgan fingerprint density at radius 3 is 2.76 bits per heavy atom. The van der Waals surface area contributed by atoms with E-state index in [-0.39, 0.29) is 6.04 Å². The average Bonchev–Trinajstić information content (AvgIpc) is 3.56. The van der Waals surface area contributed by atoms with Crippen molar-refractivity contribution in [1.29, 1.82) is 0 Å². The minimum Gasteiger partial charge on any atom is -0.378 e. The molecule has 6 rings (SSSR count). The monoisotopic (exact) mass is 467 g/mol. The number of ether oxygens (including phenoxy) is 1. The zero-order chi connectivity index (χ0) is 22.6. The first kappa shape index (κ1) is 20.6. The van der Waals surface area contributed by atoms with Crippen LogP contribution >= 0.6 is 0 Å². The number of nitrogens with one attached hydrogen (secondary N) is 1. The van der Waals surface area contributed by atoms with Crippen LogP contribution < -0.4 is 4.90 Å². The van der Waals surface area contributed by atoms with Gasteiger partial charge < -0.3 is 14.6 Å². The zero-order valence-corrected chi connectivity index (χ0v) is 19.1. The summed E-state index contributed by atoms with van der Waals surface area (Å²) in [6.07, 6.45) is 5.68. The Hall–Kier alpha value is -3.02. The summed E-state index contributed by atoms with van der Waals surface area (Å²) in [5, 5.41) is 6.66. The third kappa shape index (κ3) is 3.65. The van der Waals surface area contributed by atoms with E-state index >= 15 is 0 Å². The normalized spacial score (nSPS) is 20.3. The molecule has 2 fully saturated rings. The Kier molecular flexibility index (Phi) is 4.86. The summed E-state index contributed by atoms with van der Waals surface area (Å²) in [6, 6.07) is 8.22. The van der Waals surface area contributed by atoms with Crippen molar-refractivity contribution in [2.24, 2.45) is 0 Å². The number of morpholine rings is 1. The van der Waals surface area contributed by atoms with Crippen LogP contribution in [0.1, 0.15) is 12.5 Å². The van der Waals surface area contributed by atoms with E-state index in [2.05, 4.69) is 33.2 Å². The summed E-state index contributed by atoms with van der Waals surface area (Å²) in [7, 11) is -3.24. The van der Waals surface area contributed by atoms with Crippen molar-refractivity contribution in [3.05, 3.63) is 36.7 Å². The summed E-state index contributed by atoms with van der Waals surface area (Å²) < 4.78 is 33.0. The van der Waals surface area contributed by atoms with Gasteiger partial charge >= 0.3 is 0 Å². The third-order valence-corrected chi connectivity index (χ3v) is 7.78. The lowest BCUT2D eigenvalue weighted by molar-refractivity contribution is 0.122. The molecule has 10 nitrogen and oxygen atoms in total. The van der Waals surface area contributed by atoms with Gasteiger partial charge in [-0.2, -0.15) is 14.4 Å². The number of sulfonamides is 1. The van der Waals surface area contributed by atoms with Crippen LogP contribution in [0, 0.1) is 0 Å². The Morgan fingerprint density at radius 1 is 1.12 bits per heavy atom. The molecular weight excluding hydrogens is 442 g/mol. The number of fused-ring (bicyclic) bond motifs is 2. The fourth-order valence-electron chi connectivity index (χ4n) is 4.71. The van der Waals surface area contributed by atoms with Crippen molar-refractivity contribution in [2.75, 3.05) is 50.5 Å². The molecule has 0 spiro atoms. The molecule has 2 aliphatic rings. The summed E-state index contributed by atoms with van der Waals surface area (Å²) in [5.74, 6) is 0.645. The first-order valence-electron chi connectivity index (χ1n) is 11.1. The van der Waals surface area contributed by atoms with E-state index in [4.69, 9.17) is 14.7 Å². The lowest BCUT2D eigenvalue weighted by atomic mass is 10.1. The minimum atomic E-state index is -3.24.